The number of hydrogen-bond acceptors (Lipinski definition) is 3. The van der Waals surface area contributed by atoms with E-state index in [4.69, 9.17) is 6.42 Å². The first-order valence-electron chi connectivity index (χ1n) is 12.1. The maximum atomic E-state index is 13.7. The molecule has 0 bridgehead atoms. The van der Waals surface area contributed by atoms with E-state index in [1.165, 1.54) is 34.0 Å². The Balaban J connectivity index is 1.28. The molecule has 2 fully saturated rings. The molecular formula is C29H28FN3O. The van der Waals surface area contributed by atoms with Gasteiger partial charge in [0.25, 0.3) is 0 Å². The Morgan fingerprint density at radius 2 is 1.76 bits per heavy atom. The van der Waals surface area contributed by atoms with Crippen LogP contribution in [0.1, 0.15) is 36.4 Å². The van der Waals surface area contributed by atoms with Crippen molar-refractivity contribution in [1.82, 2.24) is 9.80 Å². The van der Waals surface area contributed by atoms with Crippen LogP contribution in [0, 0.1) is 18.2 Å². The number of benzene rings is 3. The van der Waals surface area contributed by atoms with Gasteiger partial charge in [-0.15, -0.1) is 12.3 Å². The number of piperidine rings is 1. The van der Waals surface area contributed by atoms with Gasteiger partial charge in [0.2, 0.25) is 5.91 Å². The third kappa shape index (κ3) is 3.20. The first-order valence-corrected chi connectivity index (χ1v) is 12.1. The zero-order valence-electron chi connectivity index (χ0n) is 19.2. The number of anilines is 1. The van der Waals surface area contributed by atoms with E-state index in [9.17, 15) is 9.18 Å². The largest absolute Gasteiger partial charge is 0.339 e. The van der Waals surface area contributed by atoms with Crippen LogP contribution in [-0.4, -0.2) is 47.5 Å². The van der Waals surface area contributed by atoms with Crippen molar-refractivity contribution in [2.24, 2.45) is 0 Å². The fourth-order valence-electron chi connectivity index (χ4n) is 6.33. The van der Waals surface area contributed by atoms with Crippen LogP contribution in [-0.2, 0) is 11.2 Å². The van der Waals surface area contributed by atoms with Gasteiger partial charge in [-0.2, -0.15) is 0 Å². The van der Waals surface area contributed by atoms with Crippen LogP contribution in [0.2, 0.25) is 0 Å². The van der Waals surface area contributed by atoms with Crippen molar-refractivity contribution in [1.29, 1.82) is 0 Å². The summed E-state index contributed by atoms with van der Waals surface area (Å²) in [7, 11) is 0. The monoisotopic (exact) mass is 453 g/mol. The molecule has 5 heteroatoms. The summed E-state index contributed by atoms with van der Waals surface area (Å²) < 4.78 is 13.6. The number of likely N-dealkylation sites (tertiary alicyclic amines) is 1. The van der Waals surface area contributed by atoms with Crippen LogP contribution in [0.15, 0.2) is 60.7 Å². The molecule has 1 aliphatic carbocycles. The molecule has 2 aliphatic heterocycles. The number of hydrogen-bond donors (Lipinski definition) is 0. The van der Waals surface area contributed by atoms with Gasteiger partial charge in [0, 0.05) is 37.8 Å². The summed E-state index contributed by atoms with van der Waals surface area (Å²) in [6.07, 6.45) is 8.55. The zero-order chi connectivity index (χ0) is 23.3. The minimum atomic E-state index is -0.597. The molecule has 2 saturated heterocycles. The van der Waals surface area contributed by atoms with Crippen molar-refractivity contribution in [3.63, 3.8) is 0 Å². The Morgan fingerprint density at radius 3 is 2.50 bits per heavy atom. The second kappa shape index (κ2) is 8.14. The predicted octanol–water partition coefficient (Wildman–Crippen LogP) is 4.74. The molecule has 0 saturated carbocycles. The molecule has 1 unspecified atom stereocenters. The second-order valence-electron chi connectivity index (χ2n) is 9.72. The van der Waals surface area contributed by atoms with Gasteiger partial charge in [0.15, 0.2) is 0 Å². The molecule has 1 atom stereocenters. The summed E-state index contributed by atoms with van der Waals surface area (Å²) >= 11 is 0. The third-order valence-electron chi connectivity index (χ3n) is 8.04. The molecule has 0 N–H and O–H groups in total. The SMILES string of the molecule is C#CCCN1CN(c2ccc(F)cc2)C2(CCN(C3Cc4cccc5cccc3c45)CC2)C1=O. The zero-order valence-corrected chi connectivity index (χ0v) is 19.2. The van der Waals surface area contributed by atoms with E-state index in [2.05, 4.69) is 52.1 Å². The summed E-state index contributed by atoms with van der Waals surface area (Å²) in [5.41, 5.74) is 3.13. The van der Waals surface area contributed by atoms with E-state index < -0.39 is 5.54 Å². The van der Waals surface area contributed by atoms with Gasteiger partial charge < -0.3 is 9.80 Å². The van der Waals surface area contributed by atoms with Crippen LogP contribution < -0.4 is 4.90 Å². The molecule has 3 aromatic carbocycles. The van der Waals surface area contributed by atoms with Gasteiger partial charge in [0.1, 0.15) is 11.4 Å². The fraction of sp³-hybridized carbons (Fsp3) is 0.345. The van der Waals surface area contributed by atoms with Gasteiger partial charge in [-0.05, 0) is 65.4 Å². The molecule has 1 spiro atoms. The molecule has 4 nitrogen and oxygen atoms in total. The van der Waals surface area contributed by atoms with E-state index in [0.29, 0.717) is 25.7 Å². The van der Waals surface area contributed by atoms with E-state index in [-0.39, 0.29) is 11.7 Å². The van der Waals surface area contributed by atoms with Crippen LogP contribution >= 0.6 is 0 Å². The minimum absolute atomic E-state index is 0.156. The lowest BCUT2D eigenvalue weighted by atomic mass is 9.84. The van der Waals surface area contributed by atoms with E-state index in [1.807, 2.05) is 4.90 Å². The number of terminal acetylenes is 1. The number of carbonyl (C=O) groups excluding carboxylic acids is 1. The first-order chi connectivity index (χ1) is 16.6. The van der Waals surface area contributed by atoms with Crippen molar-refractivity contribution < 1.29 is 9.18 Å². The van der Waals surface area contributed by atoms with Crippen LogP contribution in [0.25, 0.3) is 10.8 Å². The molecule has 3 aliphatic rings. The van der Waals surface area contributed by atoms with Crippen molar-refractivity contribution in [2.45, 2.75) is 37.3 Å². The number of carbonyl (C=O) groups is 1. The molecule has 0 aromatic heterocycles. The molecular weight excluding hydrogens is 425 g/mol. The van der Waals surface area contributed by atoms with Crippen LogP contribution in [0.5, 0.6) is 0 Å². The lowest BCUT2D eigenvalue weighted by molar-refractivity contribution is -0.133. The number of nitrogens with zero attached hydrogens (tertiary/aromatic N) is 3. The van der Waals surface area contributed by atoms with Gasteiger partial charge in [-0.1, -0.05) is 36.4 Å². The maximum Gasteiger partial charge on any atom is 0.250 e. The Hall–Kier alpha value is -3.36. The van der Waals surface area contributed by atoms with Crippen molar-refractivity contribution >= 4 is 22.4 Å². The van der Waals surface area contributed by atoms with E-state index in [1.54, 1.807) is 12.1 Å². The highest BCUT2D eigenvalue weighted by Crippen LogP contribution is 2.45. The first kappa shape index (κ1) is 21.2. The second-order valence-corrected chi connectivity index (χ2v) is 9.72. The van der Waals surface area contributed by atoms with Gasteiger partial charge in [-0.25, -0.2) is 4.39 Å². The lowest BCUT2D eigenvalue weighted by Gasteiger charge is -2.45. The van der Waals surface area contributed by atoms with Crippen LogP contribution in [0.4, 0.5) is 10.1 Å². The molecule has 0 radical (unpaired) electrons. The smallest absolute Gasteiger partial charge is 0.250 e. The van der Waals surface area contributed by atoms with Gasteiger partial charge in [-0.3, -0.25) is 9.69 Å². The van der Waals surface area contributed by atoms with E-state index in [0.717, 1.165) is 38.0 Å². The molecule has 172 valence electrons. The third-order valence-corrected chi connectivity index (χ3v) is 8.04. The average molecular weight is 454 g/mol. The van der Waals surface area contributed by atoms with Gasteiger partial charge in [0.05, 0.1) is 6.67 Å². The standard InChI is InChI=1S/C29H28FN3O/c1-2-3-16-32-20-33(24-12-10-23(30)11-13-24)29(28(32)34)14-17-31(18-15-29)26-19-22-8-4-6-21-7-5-9-25(26)27(21)22/h1,4-13,26H,3,14-20H2. The van der Waals surface area contributed by atoms with Crippen molar-refractivity contribution in [3.05, 3.63) is 77.6 Å². The van der Waals surface area contributed by atoms with Crippen molar-refractivity contribution in [2.75, 3.05) is 31.2 Å². The van der Waals surface area contributed by atoms with Crippen molar-refractivity contribution in [3.8, 4) is 12.3 Å². The summed E-state index contributed by atoms with van der Waals surface area (Å²) in [4.78, 5) is 20.3. The Bertz CT molecular complexity index is 1280. The number of rotatable bonds is 4. The molecule has 1 amide bonds. The Morgan fingerprint density at radius 1 is 1.03 bits per heavy atom. The Kier molecular flexibility index (Phi) is 5.08. The number of amides is 1. The van der Waals surface area contributed by atoms with E-state index >= 15 is 0 Å². The summed E-state index contributed by atoms with van der Waals surface area (Å²) in [5.74, 6) is 2.55. The predicted molar refractivity (Wildman–Crippen MR) is 133 cm³/mol. The average Bonchev–Trinajstić information content (AvgIpc) is 3.37. The fourth-order valence-corrected chi connectivity index (χ4v) is 6.33. The minimum Gasteiger partial charge on any atom is -0.339 e. The summed E-state index contributed by atoms with van der Waals surface area (Å²) in [6, 6.07) is 20.1. The summed E-state index contributed by atoms with van der Waals surface area (Å²) in [6.45, 7) is 2.75. The maximum absolute atomic E-state index is 13.7. The molecule has 6 rings (SSSR count). The summed E-state index contributed by atoms with van der Waals surface area (Å²) in [5, 5.41) is 2.71. The quantitative estimate of drug-likeness (QED) is 0.534. The molecule has 34 heavy (non-hydrogen) atoms. The lowest BCUT2D eigenvalue weighted by Crippen LogP contribution is -2.57. The molecule has 3 aromatic rings. The highest BCUT2D eigenvalue weighted by molar-refractivity contribution is 5.94. The normalized spacial score (nSPS) is 21.5. The Labute approximate surface area is 200 Å². The number of halogens is 1. The highest BCUT2D eigenvalue weighted by Gasteiger charge is 2.54. The topological polar surface area (TPSA) is 26.8 Å². The highest BCUT2D eigenvalue weighted by atomic mass is 19.1. The van der Waals surface area contributed by atoms with Crippen LogP contribution in [0.3, 0.4) is 0 Å². The molecule has 2 heterocycles. The van der Waals surface area contributed by atoms with Gasteiger partial charge >= 0.3 is 0 Å².